The highest BCUT2D eigenvalue weighted by Crippen LogP contribution is 2.32. The van der Waals surface area contributed by atoms with Crippen LogP contribution in [-0.2, 0) is 0 Å². The van der Waals surface area contributed by atoms with Crippen molar-refractivity contribution in [3.05, 3.63) is 55.1 Å². The lowest BCUT2D eigenvalue weighted by molar-refractivity contribution is -0.385. The number of ether oxygens (including phenoxy) is 1. The second-order valence-corrected chi connectivity index (χ2v) is 5.13. The molecule has 0 aliphatic carbocycles. The minimum Gasteiger partial charge on any atom is -0.437 e. The molecule has 0 radical (unpaired) electrons. The first-order chi connectivity index (χ1) is 8.95. The Morgan fingerprint density at radius 1 is 1.26 bits per heavy atom. The Morgan fingerprint density at radius 2 is 2.00 bits per heavy atom. The molecule has 0 spiro atoms. The van der Waals surface area contributed by atoms with Gasteiger partial charge in [-0.3, -0.25) is 10.1 Å². The van der Waals surface area contributed by atoms with Gasteiger partial charge in [0, 0.05) is 4.47 Å². The molecule has 0 aliphatic rings. The SMILES string of the molecule is O=[N+]([O-])c1cc(Cl)nc(Oc2ccc(Br)cc2Cl)c1. The van der Waals surface area contributed by atoms with Gasteiger partial charge in [-0.15, -0.1) is 0 Å². The number of aromatic nitrogens is 1. The fourth-order valence-electron chi connectivity index (χ4n) is 1.29. The zero-order valence-electron chi connectivity index (χ0n) is 9.14. The number of rotatable bonds is 3. The second-order valence-electron chi connectivity index (χ2n) is 3.42. The molecule has 8 heteroatoms. The molecule has 1 heterocycles. The molecule has 5 nitrogen and oxygen atoms in total. The number of pyridine rings is 1. The van der Waals surface area contributed by atoms with E-state index < -0.39 is 4.92 Å². The highest BCUT2D eigenvalue weighted by Gasteiger charge is 2.13. The Labute approximate surface area is 126 Å². The van der Waals surface area contributed by atoms with Crippen molar-refractivity contribution in [3.8, 4) is 11.6 Å². The summed E-state index contributed by atoms with van der Waals surface area (Å²) in [7, 11) is 0. The first-order valence-corrected chi connectivity index (χ1v) is 6.45. The molecule has 0 bridgehead atoms. The lowest BCUT2D eigenvalue weighted by Crippen LogP contribution is -1.93. The average molecular weight is 364 g/mol. The quantitative estimate of drug-likeness (QED) is 0.444. The van der Waals surface area contributed by atoms with E-state index in [-0.39, 0.29) is 16.7 Å². The third kappa shape index (κ3) is 3.56. The van der Waals surface area contributed by atoms with Crippen LogP contribution in [0, 0.1) is 10.1 Å². The Kier molecular flexibility index (Phi) is 4.24. The highest BCUT2D eigenvalue weighted by molar-refractivity contribution is 9.10. The van der Waals surface area contributed by atoms with Crippen LogP contribution in [0.3, 0.4) is 0 Å². The van der Waals surface area contributed by atoms with E-state index in [4.69, 9.17) is 27.9 Å². The van der Waals surface area contributed by atoms with Crippen molar-refractivity contribution >= 4 is 44.8 Å². The van der Waals surface area contributed by atoms with Gasteiger partial charge in [-0.2, -0.15) is 0 Å². The minimum absolute atomic E-state index is 0.00317. The molecule has 1 aromatic carbocycles. The molecule has 2 aromatic rings. The molecule has 0 aliphatic heterocycles. The summed E-state index contributed by atoms with van der Waals surface area (Å²) >= 11 is 14.9. The highest BCUT2D eigenvalue weighted by atomic mass is 79.9. The summed E-state index contributed by atoms with van der Waals surface area (Å²) < 4.78 is 6.17. The summed E-state index contributed by atoms with van der Waals surface area (Å²) in [6.45, 7) is 0. The number of halogens is 3. The molecule has 19 heavy (non-hydrogen) atoms. The maximum absolute atomic E-state index is 10.7. The summed E-state index contributed by atoms with van der Waals surface area (Å²) in [5.41, 5.74) is -0.205. The lowest BCUT2D eigenvalue weighted by Gasteiger charge is -2.07. The molecule has 0 amide bonds. The van der Waals surface area contributed by atoms with Gasteiger partial charge in [-0.25, -0.2) is 4.98 Å². The first kappa shape index (κ1) is 14.0. The zero-order chi connectivity index (χ0) is 14.0. The van der Waals surface area contributed by atoms with Crippen LogP contribution < -0.4 is 4.74 Å². The molecule has 1 aromatic heterocycles. The molecule has 0 fully saturated rings. The van der Waals surface area contributed by atoms with Gasteiger partial charge in [0.2, 0.25) is 5.88 Å². The summed E-state index contributed by atoms with van der Waals surface area (Å²) in [4.78, 5) is 14.0. The Bertz CT molecular complexity index is 652. The number of nitro groups is 1. The third-order valence-corrected chi connectivity index (χ3v) is 3.06. The van der Waals surface area contributed by atoms with Crippen LogP contribution in [-0.4, -0.2) is 9.91 Å². The van der Waals surface area contributed by atoms with Gasteiger partial charge in [0.15, 0.2) is 0 Å². The maximum atomic E-state index is 10.7. The Hall–Kier alpha value is -1.37. The van der Waals surface area contributed by atoms with Crippen LogP contribution in [0.5, 0.6) is 11.6 Å². The van der Waals surface area contributed by atoms with Crippen LogP contribution in [0.15, 0.2) is 34.8 Å². The van der Waals surface area contributed by atoms with Crippen molar-refractivity contribution in [2.75, 3.05) is 0 Å². The molecule has 0 saturated heterocycles. The molecule has 98 valence electrons. The van der Waals surface area contributed by atoms with Gasteiger partial charge in [0.05, 0.1) is 22.1 Å². The first-order valence-electron chi connectivity index (χ1n) is 4.90. The van der Waals surface area contributed by atoms with Crippen molar-refractivity contribution in [2.24, 2.45) is 0 Å². The predicted octanol–water partition coefficient (Wildman–Crippen LogP) is 4.85. The van der Waals surface area contributed by atoms with E-state index in [1.165, 1.54) is 6.07 Å². The van der Waals surface area contributed by atoms with Gasteiger partial charge >= 0.3 is 0 Å². The Balaban J connectivity index is 2.35. The van der Waals surface area contributed by atoms with Crippen molar-refractivity contribution in [3.63, 3.8) is 0 Å². The standard InChI is InChI=1S/C11H5BrCl2N2O3/c12-6-1-2-9(8(13)3-6)19-11-5-7(16(17)18)4-10(14)15-11/h1-5H. The van der Waals surface area contributed by atoms with E-state index in [0.717, 1.165) is 10.5 Å². The molecule has 0 unspecified atom stereocenters. The summed E-state index contributed by atoms with van der Waals surface area (Å²) in [5.74, 6) is 0.331. The molecule has 0 atom stereocenters. The van der Waals surface area contributed by atoms with Crippen LogP contribution in [0.2, 0.25) is 10.2 Å². The van der Waals surface area contributed by atoms with E-state index in [9.17, 15) is 10.1 Å². The third-order valence-electron chi connectivity index (χ3n) is 2.07. The van der Waals surface area contributed by atoms with E-state index in [1.807, 2.05) is 0 Å². The fraction of sp³-hybridized carbons (Fsp3) is 0. The van der Waals surface area contributed by atoms with Crippen molar-refractivity contribution in [1.29, 1.82) is 0 Å². The second kappa shape index (κ2) is 5.73. The van der Waals surface area contributed by atoms with Gasteiger partial charge in [0.1, 0.15) is 10.9 Å². The van der Waals surface area contributed by atoms with Crippen LogP contribution in [0.25, 0.3) is 0 Å². The predicted molar refractivity (Wildman–Crippen MR) is 75.1 cm³/mol. The zero-order valence-corrected chi connectivity index (χ0v) is 12.2. The molecule has 0 saturated carbocycles. The fourth-order valence-corrected chi connectivity index (χ4v) is 2.20. The molecule has 2 rings (SSSR count). The van der Waals surface area contributed by atoms with Gasteiger partial charge in [-0.05, 0) is 18.2 Å². The smallest absolute Gasteiger partial charge is 0.277 e. The van der Waals surface area contributed by atoms with Crippen LogP contribution >= 0.6 is 39.1 Å². The van der Waals surface area contributed by atoms with Gasteiger partial charge in [-0.1, -0.05) is 39.1 Å². The number of hydrogen-bond acceptors (Lipinski definition) is 4. The largest absolute Gasteiger partial charge is 0.437 e. The number of benzene rings is 1. The minimum atomic E-state index is -0.580. The lowest BCUT2D eigenvalue weighted by atomic mass is 10.3. The van der Waals surface area contributed by atoms with Gasteiger partial charge < -0.3 is 4.74 Å². The maximum Gasteiger partial charge on any atom is 0.277 e. The molecule has 0 N–H and O–H groups in total. The normalized spacial score (nSPS) is 10.3. The van der Waals surface area contributed by atoms with Crippen molar-refractivity contribution in [2.45, 2.75) is 0 Å². The topological polar surface area (TPSA) is 65.3 Å². The number of hydrogen-bond donors (Lipinski definition) is 0. The number of nitrogens with zero attached hydrogens (tertiary/aromatic N) is 2. The van der Waals surface area contributed by atoms with Gasteiger partial charge in [0.25, 0.3) is 5.69 Å². The summed E-state index contributed by atoms with van der Waals surface area (Å²) in [6, 6.07) is 7.28. The van der Waals surface area contributed by atoms with Crippen LogP contribution in [0.1, 0.15) is 0 Å². The van der Waals surface area contributed by atoms with E-state index in [2.05, 4.69) is 20.9 Å². The van der Waals surface area contributed by atoms with Crippen LogP contribution in [0.4, 0.5) is 5.69 Å². The summed E-state index contributed by atoms with van der Waals surface area (Å²) in [6.07, 6.45) is 0. The monoisotopic (exact) mass is 362 g/mol. The summed E-state index contributed by atoms with van der Waals surface area (Å²) in [5, 5.41) is 11.0. The average Bonchev–Trinajstić information content (AvgIpc) is 2.32. The Morgan fingerprint density at radius 3 is 2.63 bits per heavy atom. The van der Waals surface area contributed by atoms with E-state index in [1.54, 1.807) is 18.2 Å². The molecular formula is C11H5BrCl2N2O3. The van der Waals surface area contributed by atoms with E-state index in [0.29, 0.717) is 10.8 Å². The van der Waals surface area contributed by atoms with Crippen molar-refractivity contribution < 1.29 is 9.66 Å². The van der Waals surface area contributed by atoms with Crippen molar-refractivity contribution in [1.82, 2.24) is 4.98 Å². The molecular weight excluding hydrogens is 359 g/mol. The van der Waals surface area contributed by atoms with E-state index >= 15 is 0 Å².